The minimum absolute atomic E-state index is 0.126. The maximum absolute atomic E-state index is 11.9. The Hall–Kier alpha value is -1.99. The molecule has 0 fully saturated rings. The maximum Gasteiger partial charge on any atom is 0.347 e. The number of rotatable bonds is 7. The number of carbonyl (C=O) groups excluding carboxylic acids is 3. The molecule has 0 aliphatic carbocycles. The SMILES string of the molecule is CNC(=O)CN(C)C(=O)COC(=O)[C@H](C)Oc1ccc(Cl)cc1Cl. The van der Waals surface area contributed by atoms with Crippen molar-refractivity contribution in [2.45, 2.75) is 13.0 Å². The van der Waals surface area contributed by atoms with Crippen LogP contribution in [-0.2, 0) is 19.1 Å². The molecular weight excluding hydrogens is 359 g/mol. The predicted octanol–water partition coefficient (Wildman–Crippen LogP) is 1.51. The fourth-order valence-electron chi connectivity index (χ4n) is 1.55. The Morgan fingerprint density at radius 3 is 2.54 bits per heavy atom. The van der Waals surface area contributed by atoms with Crippen LogP contribution in [0.5, 0.6) is 5.75 Å². The maximum atomic E-state index is 11.9. The van der Waals surface area contributed by atoms with Crippen molar-refractivity contribution in [3.8, 4) is 5.75 Å². The number of amides is 2. The first-order valence-corrected chi connectivity index (χ1v) is 7.73. The number of nitrogens with zero attached hydrogens (tertiary/aromatic N) is 1. The second-order valence-electron chi connectivity index (χ2n) is 4.87. The van der Waals surface area contributed by atoms with Crippen LogP contribution in [-0.4, -0.2) is 56.0 Å². The van der Waals surface area contributed by atoms with Gasteiger partial charge in [-0.15, -0.1) is 0 Å². The quantitative estimate of drug-likeness (QED) is 0.729. The summed E-state index contributed by atoms with van der Waals surface area (Å²) in [6.07, 6.45) is -0.972. The zero-order chi connectivity index (χ0) is 18.3. The van der Waals surface area contributed by atoms with E-state index in [0.29, 0.717) is 5.02 Å². The first-order chi connectivity index (χ1) is 11.2. The summed E-state index contributed by atoms with van der Waals surface area (Å²) in [5.74, 6) is -1.30. The Labute approximate surface area is 149 Å². The number of ether oxygens (including phenoxy) is 2. The van der Waals surface area contributed by atoms with Gasteiger partial charge in [-0.3, -0.25) is 9.59 Å². The standard InChI is InChI=1S/C15H18Cl2N2O5/c1-9(24-12-5-4-10(16)6-11(12)17)15(22)23-8-14(21)19(3)7-13(20)18-2/h4-6,9H,7-8H2,1-3H3,(H,18,20)/t9-/m0/s1. The molecule has 0 saturated heterocycles. The molecule has 1 aromatic carbocycles. The first-order valence-electron chi connectivity index (χ1n) is 6.97. The highest BCUT2D eigenvalue weighted by atomic mass is 35.5. The van der Waals surface area contributed by atoms with Gasteiger partial charge in [0.05, 0.1) is 11.6 Å². The molecule has 0 unspecified atom stereocenters. The van der Waals surface area contributed by atoms with E-state index >= 15 is 0 Å². The van der Waals surface area contributed by atoms with Crippen LogP contribution in [0.4, 0.5) is 0 Å². The third kappa shape index (κ3) is 6.25. The minimum Gasteiger partial charge on any atom is -0.477 e. The van der Waals surface area contributed by atoms with Gasteiger partial charge >= 0.3 is 5.97 Å². The lowest BCUT2D eigenvalue weighted by atomic mass is 10.3. The Bertz CT molecular complexity index is 624. The molecule has 0 saturated carbocycles. The summed E-state index contributed by atoms with van der Waals surface area (Å²) in [6.45, 7) is 0.847. The molecule has 0 bridgehead atoms. The van der Waals surface area contributed by atoms with Crippen molar-refractivity contribution in [1.82, 2.24) is 10.2 Å². The lowest BCUT2D eigenvalue weighted by molar-refractivity contribution is -0.157. The zero-order valence-electron chi connectivity index (χ0n) is 13.5. The van der Waals surface area contributed by atoms with E-state index in [1.807, 2.05) is 0 Å². The van der Waals surface area contributed by atoms with E-state index in [9.17, 15) is 14.4 Å². The van der Waals surface area contributed by atoms with Gasteiger partial charge in [0.15, 0.2) is 12.7 Å². The van der Waals surface area contributed by atoms with Gasteiger partial charge in [-0.05, 0) is 25.1 Å². The largest absolute Gasteiger partial charge is 0.477 e. The summed E-state index contributed by atoms with van der Waals surface area (Å²) in [6, 6.07) is 4.57. The van der Waals surface area contributed by atoms with Gasteiger partial charge in [0.2, 0.25) is 5.91 Å². The van der Waals surface area contributed by atoms with E-state index in [1.165, 1.54) is 33.2 Å². The molecule has 1 aromatic rings. The summed E-state index contributed by atoms with van der Waals surface area (Å²) in [4.78, 5) is 36.0. The predicted molar refractivity (Wildman–Crippen MR) is 89.2 cm³/mol. The molecule has 1 N–H and O–H groups in total. The molecule has 1 rings (SSSR count). The number of halogens is 2. The number of carbonyl (C=O) groups is 3. The molecule has 0 spiro atoms. The van der Waals surface area contributed by atoms with Crippen LogP contribution in [0.1, 0.15) is 6.92 Å². The van der Waals surface area contributed by atoms with E-state index in [4.69, 9.17) is 32.7 Å². The van der Waals surface area contributed by atoms with Crippen molar-refractivity contribution in [2.75, 3.05) is 27.2 Å². The molecule has 1 atom stereocenters. The number of likely N-dealkylation sites (N-methyl/N-ethyl adjacent to an activating group) is 2. The normalized spacial score (nSPS) is 11.4. The fraction of sp³-hybridized carbons (Fsp3) is 0.400. The van der Waals surface area contributed by atoms with Crippen molar-refractivity contribution >= 4 is 41.0 Å². The topological polar surface area (TPSA) is 84.9 Å². The summed E-state index contributed by atoms with van der Waals surface area (Å²) < 4.78 is 10.3. The Kier molecular flexibility index (Phi) is 7.81. The van der Waals surface area contributed by atoms with Crippen LogP contribution in [0.2, 0.25) is 10.0 Å². The molecule has 24 heavy (non-hydrogen) atoms. The van der Waals surface area contributed by atoms with E-state index < -0.39 is 24.6 Å². The molecule has 0 radical (unpaired) electrons. The molecule has 0 aliphatic rings. The Balaban J connectivity index is 2.49. The lowest BCUT2D eigenvalue weighted by Crippen LogP contribution is -2.39. The van der Waals surface area contributed by atoms with E-state index in [-0.39, 0.29) is 23.2 Å². The van der Waals surface area contributed by atoms with Gasteiger partial charge in [-0.25, -0.2) is 4.79 Å². The Morgan fingerprint density at radius 1 is 1.29 bits per heavy atom. The number of hydrogen-bond acceptors (Lipinski definition) is 5. The van der Waals surface area contributed by atoms with Gasteiger partial charge in [0.25, 0.3) is 5.91 Å². The summed E-state index contributed by atoms with van der Waals surface area (Å²) >= 11 is 11.7. The fourth-order valence-corrected chi connectivity index (χ4v) is 2.01. The van der Waals surface area contributed by atoms with E-state index in [1.54, 1.807) is 6.07 Å². The molecule has 0 aliphatic heterocycles. The van der Waals surface area contributed by atoms with Gasteiger partial charge in [-0.1, -0.05) is 23.2 Å². The third-order valence-electron chi connectivity index (χ3n) is 2.95. The second kappa shape index (κ2) is 9.34. The summed E-state index contributed by atoms with van der Waals surface area (Å²) in [7, 11) is 2.89. The molecule has 0 aromatic heterocycles. The number of esters is 1. The molecule has 7 nitrogen and oxygen atoms in total. The van der Waals surface area contributed by atoms with Gasteiger partial charge in [0.1, 0.15) is 5.75 Å². The summed E-state index contributed by atoms with van der Waals surface area (Å²) in [5, 5.41) is 3.08. The number of benzene rings is 1. The number of hydrogen-bond donors (Lipinski definition) is 1. The van der Waals surface area contributed by atoms with Gasteiger partial charge in [-0.2, -0.15) is 0 Å². The molecule has 0 heterocycles. The van der Waals surface area contributed by atoms with Crippen molar-refractivity contribution in [2.24, 2.45) is 0 Å². The van der Waals surface area contributed by atoms with Crippen LogP contribution in [0, 0.1) is 0 Å². The van der Waals surface area contributed by atoms with Crippen molar-refractivity contribution in [1.29, 1.82) is 0 Å². The monoisotopic (exact) mass is 376 g/mol. The van der Waals surface area contributed by atoms with Crippen LogP contribution < -0.4 is 10.1 Å². The Morgan fingerprint density at radius 2 is 1.96 bits per heavy atom. The summed E-state index contributed by atoms with van der Waals surface area (Å²) in [5.41, 5.74) is 0. The highest BCUT2D eigenvalue weighted by Gasteiger charge is 2.20. The van der Waals surface area contributed by atoms with Crippen molar-refractivity contribution in [3.05, 3.63) is 28.2 Å². The average molecular weight is 377 g/mol. The molecule has 2 amide bonds. The molecule has 132 valence electrons. The number of nitrogens with one attached hydrogen (secondary N) is 1. The van der Waals surface area contributed by atoms with Gasteiger partial charge < -0.3 is 19.7 Å². The van der Waals surface area contributed by atoms with Crippen LogP contribution in [0.3, 0.4) is 0 Å². The molecule has 9 heteroatoms. The second-order valence-corrected chi connectivity index (χ2v) is 5.71. The van der Waals surface area contributed by atoms with Crippen molar-refractivity contribution < 1.29 is 23.9 Å². The van der Waals surface area contributed by atoms with Crippen LogP contribution in [0.25, 0.3) is 0 Å². The lowest BCUT2D eigenvalue weighted by Gasteiger charge is -2.18. The van der Waals surface area contributed by atoms with Crippen LogP contribution >= 0.6 is 23.2 Å². The van der Waals surface area contributed by atoms with Crippen molar-refractivity contribution in [3.63, 3.8) is 0 Å². The minimum atomic E-state index is -0.972. The average Bonchev–Trinajstić information content (AvgIpc) is 2.54. The third-order valence-corrected chi connectivity index (χ3v) is 3.48. The van der Waals surface area contributed by atoms with E-state index in [0.717, 1.165) is 4.90 Å². The highest BCUT2D eigenvalue weighted by molar-refractivity contribution is 6.35. The molecular formula is C15H18Cl2N2O5. The van der Waals surface area contributed by atoms with E-state index in [2.05, 4.69) is 5.32 Å². The highest BCUT2D eigenvalue weighted by Crippen LogP contribution is 2.28. The van der Waals surface area contributed by atoms with Crippen LogP contribution in [0.15, 0.2) is 18.2 Å². The zero-order valence-corrected chi connectivity index (χ0v) is 15.0. The van der Waals surface area contributed by atoms with Gasteiger partial charge in [0, 0.05) is 19.1 Å². The first kappa shape index (κ1) is 20.1. The smallest absolute Gasteiger partial charge is 0.347 e.